The molecule has 4 N–H and O–H groups in total. The molecule has 9 heteroatoms. The van der Waals surface area contributed by atoms with Gasteiger partial charge in [-0.2, -0.15) is 0 Å². The van der Waals surface area contributed by atoms with Crippen LogP contribution in [0, 0.1) is 0 Å². The molecule has 0 saturated heterocycles. The Hall–Kier alpha value is -1.94. The van der Waals surface area contributed by atoms with Crippen LogP contribution in [0.2, 0.25) is 0 Å². The van der Waals surface area contributed by atoms with Gasteiger partial charge in [-0.3, -0.25) is 0 Å². The molecule has 2 aromatic carbocycles. The first-order valence-electron chi connectivity index (χ1n) is 9.86. The molecule has 1 aliphatic heterocycles. The molecule has 0 amide bonds. The summed E-state index contributed by atoms with van der Waals surface area (Å²) in [6.45, 7) is 10.9. The van der Waals surface area contributed by atoms with Crippen molar-refractivity contribution >= 4 is 24.9 Å². The lowest BCUT2D eigenvalue weighted by Gasteiger charge is -2.30. The highest BCUT2D eigenvalue weighted by Gasteiger charge is 2.46. The van der Waals surface area contributed by atoms with Gasteiger partial charge in [0, 0.05) is 10.3 Å². The number of hydrogen-bond acceptors (Lipinski definition) is 7. The highest BCUT2D eigenvalue weighted by atomic mass is 31.2. The van der Waals surface area contributed by atoms with Crippen molar-refractivity contribution in [2.24, 2.45) is 0 Å². The van der Waals surface area contributed by atoms with Crippen LogP contribution in [-0.2, 0) is 9.13 Å². The summed E-state index contributed by atoms with van der Waals surface area (Å²) in [6.07, 6.45) is -0.384. The lowest BCUT2D eigenvalue weighted by molar-refractivity contribution is 0.353. The third kappa shape index (κ3) is 4.85. The number of rotatable bonds is 2. The fourth-order valence-corrected chi connectivity index (χ4v) is 7.83. The molecule has 2 unspecified atom stereocenters. The summed E-state index contributed by atoms with van der Waals surface area (Å²) in [4.78, 5) is 0. The predicted molar refractivity (Wildman–Crippen MR) is 131 cm³/mol. The van der Waals surface area contributed by atoms with Crippen LogP contribution in [0.3, 0.4) is 0 Å². The SMILES string of the molecule is C.CC(C)(C)P(=O)(CO)c1c(O)cccc1O.CC(C)(C)P1(=O)COc2cccc(O)c21. The Balaban J connectivity index is 0.000000311. The van der Waals surface area contributed by atoms with E-state index in [9.17, 15) is 29.6 Å². The fourth-order valence-electron chi connectivity index (χ4n) is 3.25. The van der Waals surface area contributed by atoms with E-state index in [4.69, 9.17) is 4.74 Å². The quantitative estimate of drug-likeness (QED) is 0.441. The zero-order chi connectivity index (χ0) is 23.8. The van der Waals surface area contributed by atoms with E-state index >= 15 is 0 Å². The molecule has 0 spiro atoms. The van der Waals surface area contributed by atoms with Crippen LogP contribution in [0.15, 0.2) is 36.4 Å². The van der Waals surface area contributed by atoms with E-state index in [1.165, 1.54) is 18.2 Å². The van der Waals surface area contributed by atoms with E-state index < -0.39 is 25.8 Å². The van der Waals surface area contributed by atoms with E-state index in [0.717, 1.165) is 0 Å². The maximum atomic E-state index is 12.8. The summed E-state index contributed by atoms with van der Waals surface area (Å²) in [6, 6.07) is 9.17. The third-order valence-corrected chi connectivity index (χ3v) is 13.0. The highest BCUT2D eigenvalue weighted by Crippen LogP contribution is 2.62. The second-order valence-corrected chi connectivity index (χ2v) is 16.6. The summed E-state index contributed by atoms with van der Waals surface area (Å²) < 4.78 is 30.9. The molecule has 0 aromatic heterocycles. The average molecular weight is 486 g/mol. The molecule has 1 heterocycles. The molecular weight excluding hydrogens is 450 g/mol. The maximum Gasteiger partial charge on any atom is 0.163 e. The Morgan fingerprint density at radius 2 is 1.41 bits per heavy atom. The molecule has 0 bridgehead atoms. The molecule has 7 nitrogen and oxygen atoms in total. The molecule has 0 radical (unpaired) electrons. The maximum absolute atomic E-state index is 12.8. The third-order valence-electron chi connectivity index (χ3n) is 5.46. The van der Waals surface area contributed by atoms with Crippen molar-refractivity contribution < 1.29 is 34.3 Å². The number of benzene rings is 2. The van der Waals surface area contributed by atoms with Gasteiger partial charge in [0.15, 0.2) is 14.3 Å². The summed E-state index contributed by atoms with van der Waals surface area (Å²) in [7, 11) is -5.91. The van der Waals surface area contributed by atoms with Crippen LogP contribution in [-0.4, -0.2) is 43.4 Å². The Morgan fingerprint density at radius 3 is 1.84 bits per heavy atom. The molecule has 0 saturated carbocycles. The molecule has 0 aliphatic carbocycles. The van der Waals surface area contributed by atoms with Crippen molar-refractivity contribution in [2.45, 2.75) is 59.3 Å². The van der Waals surface area contributed by atoms with Crippen LogP contribution < -0.4 is 15.3 Å². The first-order valence-corrected chi connectivity index (χ1v) is 13.6. The van der Waals surface area contributed by atoms with Crippen LogP contribution in [0.25, 0.3) is 0 Å². The van der Waals surface area contributed by atoms with Crippen molar-refractivity contribution in [3.8, 4) is 23.0 Å². The van der Waals surface area contributed by atoms with Crippen molar-refractivity contribution in [1.82, 2.24) is 0 Å². The van der Waals surface area contributed by atoms with Gasteiger partial charge in [0.05, 0.1) is 10.6 Å². The molecule has 32 heavy (non-hydrogen) atoms. The largest absolute Gasteiger partial charge is 0.507 e. The summed E-state index contributed by atoms with van der Waals surface area (Å²) in [5.74, 6) is 0.163. The summed E-state index contributed by atoms with van der Waals surface area (Å²) in [5, 5.41) is 37.8. The molecule has 180 valence electrons. The minimum atomic E-state index is -3.26. The van der Waals surface area contributed by atoms with Gasteiger partial charge in [0.25, 0.3) is 0 Å². The van der Waals surface area contributed by atoms with Crippen molar-refractivity contribution in [3.05, 3.63) is 36.4 Å². The number of aliphatic hydroxyl groups is 1. The lowest BCUT2D eigenvalue weighted by atomic mass is 10.3. The standard InChI is InChI=1S/C11H17O4P.C11H15O3P.CH4/c1-11(2,3)16(15,7-12)10-8(13)5-4-6-9(10)14;1-11(2,3)15(13)7-14-9-6-4-5-8(12)10(9)15;/h4-6,12-14H,7H2,1-3H3;4-6,12H,7H2,1-3H3;1H4. The van der Waals surface area contributed by atoms with Gasteiger partial charge < -0.3 is 34.3 Å². The van der Waals surface area contributed by atoms with Crippen molar-refractivity contribution in [1.29, 1.82) is 0 Å². The Kier molecular flexibility index (Phi) is 8.35. The highest BCUT2D eigenvalue weighted by molar-refractivity contribution is 7.73. The van der Waals surface area contributed by atoms with Crippen molar-refractivity contribution in [3.63, 3.8) is 0 Å². The average Bonchev–Trinajstić information content (AvgIpc) is 3.00. The van der Waals surface area contributed by atoms with E-state index in [1.54, 1.807) is 39.0 Å². The summed E-state index contributed by atoms with van der Waals surface area (Å²) >= 11 is 0. The Labute approximate surface area is 190 Å². The van der Waals surface area contributed by atoms with Gasteiger partial charge in [0.2, 0.25) is 0 Å². The minimum absolute atomic E-state index is 0. The molecule has 0 fully saturated rings. The van der Waals surface area contributed by atoms with Gasteiger partial charge in [-0.15, -0.1) is 0 Å². The van der Waals surface area contributed by atoms with Crippen LogP contribution >= 0.6 is 14.3 Å². The zero-order valence-corrected chi connectivity index (χ0v) is 20.6. The van der Waals surface area contributed by atoms with Crippen molar-refractivity contribution in [2.75, 3.05) is 12.7 Å². The van der Waals surface area contributed by atoms with E-state index in [2.05, 4.69) is 0 Å². The van der Waals surface area contributed by atoms with E-state index in [1.807, 2.05) is 20.8 Å². The number of ether oxygens (including phenoxy) is 1. The second-order valence-electron chi connectivity index (χ2n) is 9.50. The Morgan fingerprint density at radius 1 is 0.938 bits per heavy atom. The zero-order valence-electron chi connectivity index (χ0n) is 18.8. The smallest absolute Gasteiger partial charge is 0.163 e. The predicted octanol–water partition coefficient (Wildman–Crippen LogP) is 5.00. The minimum Gasteiger partial charge on any atom is -0.507 e. The van der Waals surface area contributed by atoms with Crippen LogP contribution in [0.1, 0.15) is 49.0 Å². The molecule has 1 aliphatic rings. The van der Waals surface area contributed by atoms with Gasteiger partial charge >= 0.3 is 0 Å². The number of phenolic OH excluding ortho intramolecular Hbond substituents is 3. The topological polar surface area (TPSA) is 124 Å². The number of aliphatic hydroxyl groups excluding tert-OH is 1. The van der Waals surface area contributed by atoms with Crippen LogP contribution in [0.4, 0.5) is 0 Å². The Bertz CT molecular complexity index is 1030. The number of aromatic hydroxyl groups is 3. The number of hydrogen-bond donors (Lipinski definition) is 4. The first-order chi connectivity index (χ1) is 14.1. The fraction of sp³-hybridized carbons (Fsp3) is 0.478. The van der Waals surface area contributed by atoms with E-state index in [-0.39, 0.29) is 41.5 Å². The first kappa shape index (κ1) is 28.1. The molecule has 2 atom stereocenters. The molecule has 2 aromatic rings. The normalized spacial score (nSPS) is 19.5. The summed E-state index contributed by atoms with van der Waals surface area (Å²) in [5.41, 5.74) is 0. The monoisotopic (exact) mass is 486 g/mol. The van der Waals surface area contributed by atoms with Gasteiger partial charge in [-0.05, 0) is 24.3 Å². The number of phenols is 3. The van der Waals surface area contributed by atoms with Gasteiger partial charge in [-0.25, -0.2) is 0 Å². The lowest BCUT2D eigenvalue weighted by Crippen LogP contribution is -2.25. The van der Waals surface area contributed by atoms with Crippen LogP contribution in [0.5, 0.6) is 23.0 Å². The molecule has 3 rings (SSSR count). The number of fused-ring (bicyclic) bond motifs is 1. The van der Waals surface area contributed by atoms with E-state index in [0.29, 0.717) is 11.1 Å². The van der Waals surface area contributed by atoms with Gasteiger partial charge in [0.1, 0.15) is 35.7 Å². The van der Waals surface area contributed by atoms with Gasteiger partial charge in [-0.1, -0.05) is 61.1 Å². The second kappa shape index (κ2) is 9.51. The molecular formula is C23H36O7P2.